The molecule has 0 aliphatic carbocycles. The molecule has 0 spiro atoms. The highest BCUT2D eigenvalue weighted by molar-refractivity contribution is 5.81. The summed E-state index contributed by atoms with van der Waals surface area (Å²) in [5.41, 5.74) is 7.94. The Morgan fingerprint density at radius 2 is 1.65 bits per heavy atom. The molecule has 2 heteroatoms. The van der Waals surface area contributed by atoms with E-state index in [1.807, 2.05) is 12.3 Å². The molecule has 2 nitrogen and oxygen atoms in total. The molecule has 0 saturated heterocycles. The molecule has 1 aromatic carbocycles. The van der Waals surface area contributed by atoms with Crippen LogP contribution in [0.3, 0.4) is 0 Å². The van der Waals surface area contributed by atoms with Crippen molar-refractivity contribution in [1.82, 2.24) is 9.97 Å². The number of rotatable bonds is 2. The van der Waals surface area contributed by atoms with Gasteiger partial charge >= 0.3 is 0 Å². The Hall–Kier alpha value is -2.09. The fourth-order valence-corrected chi connectivity index (χ4v) is 3.61. The standard InChI is InChI=1S/C21H26N2/c1-13-10-15(3)17(11-14(13)2)19(21(4,5)6)18-12-23-20-16(18)8-7-9-22-20/h7-12,19H,1-6H3,(H,22,23). The van der Waals surface area contributed by atoms with Gasteiger partial charge in [0.2, 0.25) is 0 Å². The molecule has 1 atom stereocenters. The summed E-state index contributed by atoms with van der Waals surface area (Å²) in [7, 11) is 0. The molecule has 2 aromatic heterocycles. The lowest BCUT2D eigenvalue weighted by Crippen LogP contribution is -2.20. The lowest BCUT2D eigenvalue weighted by Gasteiger charge is -2.33. The lowest BCUT2D eigenvalue weighted by molar-refractivity contribution is 0.359. The van der Waals surface area contributed by atoms with Crippen molar-refractivity contribution >= 4 is 11.0 Å². The first-order valence-electron chi connectivity index (χ1n) is 8.29. The highest BCUT2D eigenvalue weighted by Crippen LogP contribution is 2.44. The second-order valence-corrected chi connectivity index (χ2v) is 7.74. The molecule has 0 bridgehead atoms. The Morgan fingerprint density at radius 3 is 2.35 bits per heavy atom. The number of aromatic nitrogens is 2. The molecule has 2 heterocycles. The van der Waals surface area contributed by atoms with Crippen LogP contribution in [-0.4, -0.2) is 9.97 Å². The number of H-pyrrole nitrogens is 1. The maximum absolute atomic E-state index is 4.46. The van der Waals surface area contributed by atoms with Crippen LogP contribution in [0.1, 0.15) is 54.5 Å². The normalized spacial score (nSPS) is 13.5. The quantitative estimate of drug-likeness (QED) is 0.649. The average Bonchev–Trinajstić information content (AvgIpc) is 2.87. The number of hydrogen-bond donors (Lipinski definition) is 1. The summed E-state index contributed by atoms with van der Waals surface area (Å²) < 4.78 is 0. The molecule has 1 unspecified atom stereocenters. The van der Waals surface area contributed by atoms with Gasteiger partial charge in [0.25, 0.3) is 0 Å². The predicted octanol–water partition coefficient (Wildman–Crippen LogP) is 5.67. The van der Waals surface area contributed by atoms with Gasteiger partial charge in [-0.25, -0.2) is 4.98 Å². The van der Waals surface area contributed by atoms with E-state index in [9.17, 15) is 0 Å². The molecular formula is C21H26N2. The van der Waals surface area contributed by atoms with Crippen molar-refractivity contribution in [3.05, 3.63) is 64.5 Å². The minimum atomic E-state index is 0.122. The van der Waals surface area contributed by atoms with Crippen LogP contribution in [0, 0.1) is 26.2 Å². The van der Waals surface area contributed by atoms with Gasteiger partial charge < -0.3 is 4.98 Å². The SMILES string of the molecule is Cc1cc(C)c(C(c2c[nH]c3ncccc23)C(C)(C)C)cc1C. The Labute approximate surface area is 139 Å². The number of nitrogens with one attached hydrogen (secondary N) is 1. The van der Waals surface area contributed by atoms with Crippen LogP contribution in [0.15, 0.2) is 36.7 Å². The van der Waals surface area contributed by atoms with E-state index in [4.69, 9.17) is 0 Å². The summed E-state index contributed by atoms with van der Waals surface area (Å²) in [6.07, 6.45) is 3.98. The molecule has 3 aromatic rings. The highest BCUT2D eigenvalue weighted by atomic mass is 14.8. The zero-order valence-electron chi connectivity index (χ0n) is 15.0. The molecule has 0 radical (unpaired) electrons. The largest absolute Gasteiger partial charge is 0.346 e. The van der Waals surface area contributed by atoms with Gasteiger partial charge in [-0.3, -0.25) is 0 Å². The fourth-order valence-electron chi connectivity index (χ4n) is 3.61. The molecule has 0 amide bonds. The minimum absolute atomic E-state index is 0.122. The lowest BCUT2D eigenvalue weighted by atomic mass is 9.71. The van der Waals surface area contributed by atoms with Gasteiger partial charge in [0.05, 0.1) is 0 Å². The van der Waals surface area contributed by atoms with Crippen molar-refractivity contribution in [3.8, 4) is 0 Å². The third-order valence-corrected chi connectivity index (χ3v) is 4.85. The molecule has 120 valence electrons. The van der Waals surface area contributed by atoms with E-state index >= 15 is 0 Å². The van der Waals surface area contributed by atoms with Gasteiger partial charge in [0, 0.05) is 23.7 Å². The summed E-state index contributed by atoms with van der Waals surface area (Å²) in [5, 5.41) is 1.23. The van der Waals surface area contributed by atoms with Crippen molar-refractivity contribution in [2.75, 3.05) is 0 Å². The Bertz CT molecular complexity index is 850. The van der Waals surface area contributed by atoms with Crippen LogP contribution < -0.4 is 0 Å². The molecule has 0 fully saturated rings. The van der Waals surface area contributed by atoms with Crippen molar-refractivity contribution < 1.29 is 0 Å². The van der Waals surface area contributed by atoms with Gasteiger partial charge in [-0.1, -0.05) is 32.9 Å². The van der Waals surface area contributed by atoms with Crippen molar-refractivity contribution in [2.45, 2.75) is 47.5 Å². The monoisotopic (exact) mass is 306 g/mol. The highest BCUT2D eigenvalue weighted by Gasteiger charge is 2.31. The summed E-state index contributed by atoms with van der Waals surface area (Å²) in [5.74, 6) is 0.333. The number of pyridine rings is 1. The first kappa shape index (κ1) is 15.8. The van der Waals surface area contributed by atoms with Crippen molar-refractivity contribution in [2.24, 2.45) is 5.41 Å². The number of fused-ring (bicyclic) bond motifs is 1. The Morgan fingerprint density at radius 1 is 0.957 bits per heavy atom. The molecule has 0 aliphatic heterocycles. The average molecular weight is 306 g/mol. The van der Waals surface area contributed by atoms with Gasteiger partial charge in [0.15, 0.2) is 0 Å². The zero-order valence-corrected chi connectivity index (χ0v) is 15.0. The van der Waals surface area contributed by atoms with E-state index < -0.39 is 0 Å². The Kier molecular flexibility index (Phi) is 3.79. The number of aryl methyl sites for hydroxylation is 3. The van der Waals surface area contributed by atoms with E-state index in [1.165, 1.54) is 33.2 Å². The van der Waals surface area contributed by atoms with Gasteiger partial charge in [-0.2, -0.15) is 0 Å². The minimum Gasteiger partial charge on any atom is -0.346 e. The molecule has 0 saturated carbocycles. The third kappa shape index (κ3) is 2.78. The summed E-state index contributed by atoms with van der Waals surface area (Å²) in [4.78, 5) is 7.80. The van der Waals surface area contributed by atoms with Gasteiger partial charge in [-0.15, -0.1) is 0 Å². The number of hydrogen-bond acceptors (Lipinski definition) is 1. The number of benzene rings is 1. The second kappa shape index (κ2) is 5.52. The van der Waals surface area contributed by atoms with Gasteiger partial charge in [-0.05, 0) is 66.1 Å². The maximum atomic E-state index is 4.46. The zero-order chi connectivity index (χ0) is 16.8. The maximum Gasteiger partial charge on any atom is 0.137 e. The van der Waals surface area contributed by atoms with E-state index in [0.29, 0.717) is 5.92 Å². The van der Waals surface area contributed by atoms with Crippen LogP contribution in [0.2, 0.25) is 0 Å². The first-order valence-corrected chi connectivity index (χ1v) is 8.29. The summed E-state index contributed by atoms with van der Waals surface area (Å²) in [6.45, 7) is 13.6. The molecule has 1 N–H and O–H groups in total. The van der Waals surface area contributed by atoms with E-state index in [0.717, 1.165) is 5.65 Å². The van der Waals surface area contributed by atoms with E-state index in [2.05, 4.69) is 75.9 Å². The number of aromatic amines is 1. The molecule has 0 aliphatic rings. The van der Waals surface area contributed by atoms with Crippen molar-refractivity contribution in [3.63, 3.8) is 0 Å². The van der Waals surface area contributed by atoms with Crippen LogP contribution in [0.5, 0.6) is 0 Å². The van der Waals surface area contributed by atoms with E-state index in [1.54, 1.807) is 0 Å². The van der Waals surface area contributed by atoms with Gasteiger partial charge in [0.1, 0.15) is 5.65 Å². The molecular weight excluding hydrogens is 280 g/mol. The van der Waals surface area contributed by atoms with Crippen molar-refractivity contribution in [1.29, 1.82) is 0 Å². The number of nitrogens with zero attached hydrogens (tertiary/aromatic N) is 1. The topological polar surface area (TPSA) is 28.7 Å². The molecule has 23 heavy (non-hydrogen) atoms. The fraction of sp³-hybridized carbons (Fsp3) is 0.381. The van der Waals surface area contributed by atoms with Crippen LogP contribution in [0.25, 0.3) is 11.0 Å². The van der Waals surface area contributed by atoms with Crippen LogP contribution in [-0.2, 0) is 0 Å². The van der Waals surface area contributed by atoms with Crippen LogP contribution in [0.4, 0.5) is 0 Å². The second-order valence-electron chi connectivity index (χ2n) is 7.74. The third-order valence-electron chi connectivity index (χ3n) is 4.85. The Balaban J connectivity index is 2.27. The predicted molar refractivity (Wildman–Crippen MR) is 98.0 cm³/mol. The summed E-state index contributed by atoms with van der Waals surface area (Å²) >= 11 is 0. The van der Waals surface area contributed by atoms with Crippen LogP contribution >= 0.6 is 0 Å². The summed E-state index contributed by atoms with van der Waals surface area (Å²) in [6, 6.07) is 8.88. The molecule has 3 rings (SSSR count). The first-order chi connectivity index (χ1) is 10.8. The van der Waals surface area contributed by atoms with E-state index in [-0.39, 0.29) is 5.41 Å². The smallest absolute Gasteiger partial charge is 0.137 e.